The number of hydrogen-bond acceptors (Lipinski definition) is 3. The second-order valence-electron chi connectivity index (χ2n) is 2.88. The summed E-state index contributed by atoms with van der Waals surface area (Å²) < 4.78 is 1.64. The maximum atomic E-state index is 11.0. The normalized spacial score (nSPS) is 10.7. The fraction of sp³-hybridized carbons (Fsp3) is 0.444. The van der Waals surface area contributed by atoms with Crippen molar-refractivity contribution < 1.29 is 4.79 Å². The summed E-state index contributed by atoms with van der Waals surface area (Å²) in [6.07, 6.45) is 5.49. The van der Waals surface area contributed by atoms with Crippen molar-refractivity contribution in [1.29, 1.82) is 0 Å². The molecule has 1 heterocycles. The Morgan fingerprint density at radius 3 is 3.07 bits per heavy atom. The van der Waals surface area contributed by atoms with Gasteiger partial charge in [0.15, 0.2) is 5.82 Å². The molecule has 1 aromatic rings. The van der Waals surface area contributed by atoms with Crippen LogP contribution in [0.15, 0.2) is 18.5 Å². The average molecular weight is 194 g/mol. The number of amides is 1. The lowest BCUT2D eigenvalue weighted by molar-refractivity contribution is -0.116. The number of aromatic nitrogens is 3. The average Bonchev–Trinajstić information content (AvgIpc) is 2.52. The molecule has 1 aromatic heterocycles. The Morgan fingerprint density at radius 1 is 1.71 bits per heavy atom. The topological polar surface area (TPSA) is 59.8 Å². The highest BCUT2D eigenvalue weighted by Crippen LogP contribution is 1.88. The highest BCUT2D eigenvalue weighted by atomic mass is 16.1. The van der Waals surface area contributed by atoms with Gasteiger partial charge in [0, 0.05) is 20.0 Å². The van der Waals surface area contributed by atoms with Crippen LogP contribution in [0.4, 0.5) is 0 Å². The molecule has 0 aliphatic heterocycles. The summed E-state index contributed by atoms with van der Waals surface area (Å²) in [5, 5.41) is 6.82. The summed E-state index contributed by atoms with van der Waals surface area (Å²) in [4.78, 5) is 15.0. The van der Waals surface area contributed by atoms with Crippen LogP contribution in [0, 0.1) is 0 Å². The standard InChI is InChI=1S/C9H14N4O/c1-3-4-9(14)10-6-5-8-11-7-13(2)12-8/h3-4,7H,5-6H2,1-2H3,(H,10,14)/b4-3+. The van der Waals surface area contributed by atoms with Crippen LogP contribution in [0.2, 0.25) is 0 Å². The first-order valence-electron chi connectivity index (χ1n) is 4.47. The van der Waals surface area contributed by atoms with Crippen molar-refractivity contribution in [2.24, 2.45) is 7.05 Å². The van der Waals surface area contributed by atoms with E-state index in [2.05, 4.69) is 15.4 Å². The quantitative estimate of drug-likeness (QED) is 0.689. The summed E-state index contributed by atoms with van der Waals surface area (Å²) in [6.45, 7) is 2.37. The Hall–Kier alpha value is -1.65. The molecule has 5 heteroatoms. The van der Waals surface area contributed by atoms with E-state index in [9.17, 15) is 4.79 Å². The predicted octanol–water partition coefficient (Wildman–Crippen LogP) is 0.0499. The maximum Gasteiger partial charge on any atom is 0.243 e. The second-order valence-corrected chi connectivity index (χ2v) is 2.88. The van der Waals surface area contributed by atoms with Crippen LogP contribution in [-0.2, 0) is 18.3 Å². The van der Waals surface area contributed by atoms with Crippen molar-refractivity contribution >= 4 is 5.91 Å². The molecule has 0 radical (unpaired) electrons. The number of nitrogens with one attached hydrogen (secondary N) is 1. The molecule has 0 fully saturated rings. The highest BCUT2D eigenvalue weighted by molar-refractivity contribution is 5.87. The molecule has 5 nitrogen and oxygen atoms in total. The van der Waals surface area contributed by atoms with Crippen molar-refractivity contribution in [2.75, 3.05) is 6.54 Å². The summed E-state index contributed by atoms with van der Waals surface area (Å²) in [6, 6.07) is 0. The van der Waals surface area contributed by atoms with E-state index in [1.54, 1.807) is 24.0 Å². The molecule has 0 aromatic carbocycles. The van der Waals surface area contributed by atoms with Gasteiger partial charge in [-0.2, -0.15) is 5.10 Å². The van der Waals surface area contributed by atoms with Gasteiger partial charge in [-0.05, 0) is 13.0 Å². The fourth-order valence-electron chi connectivity index (χ4n) is 1.01. The molecule has 76 valence electrons. The number of hydrogen-bond donors (Lipinski definition) is 1. The van der Waals surface area contributed by atoms with E-state index in [4.69, 9.17) is 0 Å². The van der Waals surface area contributed by atoms with Crippen LogP contribution in [0.5, 0.6) is 0 Å². The molecule has 14 heavy (non-hydrogen) atoms. The molecule has 0 saturated carbocycles. The van der Waals surface area contributed by atoms with Crippen molar-refractivity contribution in [2.45, 2.75) is 13.3 Å². The van der Waals surface area contributed by atoms with Gasteiger partial charge in [-0.25, -0.2) is 4.98 Å². The fourth-order valence-corrected chi connectivity index (χ4v) is 1.01. The van der Waals surface area contributed by atoms with Crippen molar-refractivity contribution in [1.82, 2.24) is 20.1 Å². The lowest BCUT2D eigenvalue weighted by atomic mass is 10.4. The van der Waals surface area contributed by atoms with Gasteiger partial charge >= 0.3 is 0 Å². The third-order valence-corrected chi connectivity index (χ3v) is 1.61. The first kappa shape index (κ1) is 10.4. The number of allylic oxidation sites excluding steroid dienone is 1. The predicted molar refractivity (Wildman–Crippen MR) is 52.5 cm³/mol. The van der Waals surface area contributed by atoms with Crippen LogP contribution < -0.4 is 5.32 Å². The van der Waals surface area contributed by atoms with E-state index >= 15 is 0 Å². The number of carbonyl (C=O) groups is 1. The van der Waals surface area contributed by atoms with Gasteiger partial charge in [-0.3, -0.25) is 9.48 Å². The Kier molecular flexibility index (Phi) is 3.84. The Bertz CT molecular complexity index is 329. The molecule has 0 bridgehead atoms. The minimum atomic E-state index is -0.0802. The van der Waals surface area contributed by atoms with Gasteiger partial charge in [0.2, 0.25) is 5.91 Å². The van der Waals surface area contributed by atoms with Gasteiger partial charge in [0.05, 0.1) is 0 Å². The summed E-state index contributed by atoms with van der Waals surface area (Å²) in [7, 11) is 1.81. The van der Waals surface area contributed by atoms with Gasteiger partial charge in [-0.15, -0.1) is 0 Å². The first-order valence-corrected chi connectivity index (χ1v) is 4.47. The van der Waals surface area contributed by atoms with Crippen LogP contribution in [-0.4, -0.2) is 27.2 Å². The maximum absolute atomic E-state index is 11.0. The third-order valence-electron chi connectivity index (χ3n) is 1.61. The zero-order valence-electron chi connectivity index (χ0n) is 8.40. The molecule has 0 unspecified atom stereocenters. The SMILES string of the molecule is C/C=C/C(=O)NCCc1ncn(C)n1. The van der Waals surface area contributed by atoms with Crippen LogP contribution in [0.3, 0.4) is 0 Å². The summed E-state index contributed by atoms with van der Waals surface area (Å²) >= 11 is 0. The molecule has 1 amide bonds. The van der Waals surface area contributed by atoms with Crippen LogP contribution >= 0.6 is 0 Å². The van der Waals surface area contributed by atoms with E-state index in [-0.39, 0.29) is 5.91 Å². The zero-order valence-corrected chi connectivity index (χ0v) is 8.40. The number of nitrogens with zero attached hydrogens (tertiary/aromatic N) is 3. The lowest BCUT2D eigenvalue weighted by Crippen LogP contribution is -2.23. The Morgan fingerprint density at radius 2 is 2.50 bits per heavy atom. The molecule has 1 N–H and O–H groups in total. The molecule has 1 rings (SSSR count). The van der Waals surface area contributed by atoms with Crippen molar-refractivity contribution in [3.63, 3.8) is 0 Å². The number of rotatable bonds is 4. The number of carbonyl (C=O) groups excluding carboxylic acids is 1. The van der Waals surface area contributed by atoms with E-state index in [1.165, 1.54) is 6.08 Å². The monoisotopic (exact) mass is 194 g/mol. The zero-order chi connectivity index (χ0) is 10.4. The molecular formula is C9H14N4O. The van der Waals surface area contributed by atoms with Gasteiger partial charge in [0.1, 0.15) is 6.33 Å². The summed E-state index contributed by atoms with van der Waals surface area (Å²) in [5.41, 5.74) is 0. The van der Waals surface area contributed by atoms with Crippen LogP contribution in [0.1, 0.15) is 12.7 Å². The van der Waals surface area contributed by atoms with E-state index in [0.717, 1.165) is 5.82 Å². The molecule has 0 atom stereocenters. The molecular weight excluding hydrogens is 180 g/mol. The Labute approximate surface area is 82.8 Å². The second kappa shape index (κ2) is 5.16. The van der Waals surface area contributed by atoms with Crippen LogP contribution in [0.25, 0.3) is 0 Å². The van der Waals surface area contributed by atoms with Crippen molar-refractivity contribution in [3.8, 4) is 0 Å². The Balaban J connectivity index is 2.25. The molecule has 0 aliphatic carbocycles. The van der Waals surface area contributed by atoms with E-state index in [0.29, 0.717) is 13.0 Å². The van der Waals surface area contributed by atoms with Gasteiger partial charge in [0.25, 0.3) is 0 Å². The molecule has 0 saturated heterocycles. The minimum absolute atomic E-state index is 0.0802. The van der Waals surface area contributed by atoms with Gasteiger partial charge in [-0.1, -0.05) is 6.08 Å². The molecule has 0 spiro atoms. The van der Waals surface area contributed by atoms with Gasteiger partial charge < -0.3 is 5.32 Å². The lowest BCUT2D eigenvalue weighted by Gasteiger charge is -1.98. The van der Waals surface area contributed by atoms with E-state index < -0.39 is 0 Å². The largest absolute Gasteiger partial charge is 0.352 e. The third kappa shape index (κ3) is 3.38. The number of aryl methyl sites for hydroxylation is 1. The minimum Gasteiger partial charge on any atom is -0.352 e. The van der Waals surface area contributed by atoms with Crippen molar-refractivity contribution in [3.05, 3.63) is 24.3 Å². The highest BCUT2D eigenvalue weighted by Gasteiger charge is 1.99. The molecule has 0 aliphatic rings. The van der Waals surface area contributed by atoms with E-state index in [1.807, 2.05) is 7.05 Å². The summed E-state index contributed by atoms with van der Waals surface area (Å²) in [5.74, 6) is 0.664. The first-order chi connectivity index (χ1) is 6.72. The smallest absolute Gasteiger partial charge is 0.243 e.